The van der Waals surface area contributed by atoms with Crippen LogP contribution < -0.4 is 5.73 Å². The molecule has 1 rings (SSSR count). The van der Waals surface area contributed by atoms with Crippen LogP contribution in [0.3, 0.4) is 0 Å². The molecule has 2 N–H and O–H groups in total. The smallest absolute Gasteiger partial charge is 0.0944 e. The molecule has 0 bridgehead atoms. The fourth-order valence-electron chi connectivity index (χ4n) is 0.840. The maximum absolute atomic E-state index is 8.31. The zero-order chi connectivity index (χ0) is 5.98. The van der Waals surface area contributed by atoms with Gasteiger partial charge in [-0.1, -0.05) is 6.08 Å². The van der Waals surface area contributed by atoms with Crippen molar-refractivity contribution < 1.29 is 0 Å². The Kier molecular flexibility index (Phi) is 1.32. The maximum Gasteiger partial charge on any atom is 0.0944 e. The highest BCUT2D eigenvalue weighted by atomic mass is 14.6. The first-order chi connectivity index (χ1) is 3.83. The quantitative estimate of drug-likeness (QED) is 0.492. The summed E-state index contributed by atoms with van der Waals surface area (Å²) < 4.78 is 0. The second kappa shape index (κ2) is 1.97. The maximum atomic E-state index is 8.31. The zero-order valence-corrected chi connectivity index (χ0v) is 4.59. The van der Waals surface area contributed by atoms with Crippen LogP contribution in [0.1, 0.15) is 12.8 Å². The third-order valence-electron chi connectivity index (χ3n) is 1.31. The molecule has 1 atom stereocenters. The molecular weight excluding hydrogens is 100 g/mol. The predicted octanol–water partition coefficient (Wildman–Crippen LogP) is 0.557. The Morgan fingerprint density at radius 1 is 1.88 bits per heavy atom. The first-order valence-corrected chi connectivity index (χ1v) is 2.69. The molecule has 0 heterocycles. The van der Waals surface area contributed by atoms with Crippen LogP contribution >= 0.6 is 0 Å². The van der Waals surface area contributed by atoms with Gasteiger partial charge in [0.15, 0.2) is 0 Å². The average Bonchev–Trinajstić information content (AvgIpc) is 2.14. The molecule has 1 aliphatic rings. The summed E-state index contributed by atoms with van der Waals surface area (Å²) in [6.45, 7) is 0. The van der Waals surface area contributed by atoms with E-state index in [2.05, 4.69) is 6.07 Å². The van der Waals surface area contributed by atoms with E-state index in [1.165, 1.54) is 0 Å². The van der Waals surface area contributed by atoms with Crippen molar-refractivity contribution in [3.05, 3.63) is 11.6 Å². The van der Waals surface area contributed by atoms with Crippen LogP contribution in [0.25, 0.3) is 0 Å². The van der Waals surface area contributed by atoms with E-state index in [4.69, 9.17) is 11.0 Å². The molecule has 0 aromatic rings. The lowest BCUT2D eigenvalue weighted by Gasteiger charge is -1.90. The van der Waals surface area contributed by atoms with Crippen LogP contribution in [0.15, 0.2) is 11.6 Å². The number of rotatable bonds is 0. The Morgan fingerprint density at radius 3 is 2.88 bits per heavy atom. The van der Waals surface area contributed by atoms with Crippen LogP contribution in [-0.2, 0) is 0 Å². The third-order valence-corrected chi connectivity index (χ3v) is 1.31. The van der Waals surface area contributed by atoms with Gasteiger partial charge in [0.05, 0.1) is 6.07 Å². The molecule has 2 nitrogen and oxygen atoms in total. The molecule has 42 valence electrons. The lowest BCUT2D eigenvalue weighted by Crippen LogP contribution is -2.11. The normalized spacial score (nSPS) is 27.0. The monoisotopic (exact) mass is 108 g/mol. The standard InChI is InChI=1S/C6H8N2/c7-4-5-1-2-6(8)3-5/h3,6H,1-2,8H2. The van der Waals surface area contributed by atoms with Gasteiger partial charge in [-0.3, -0.25) is 0 Å². The lowest BCUT2D eigenvalue weighted by atomic mass is 10.2. The van der Waals surface area contributed by atoms with Crippen molar-refractivity contribution in [1.29, 1.82) is 5.26 Å². The molecule has 2 heteroatoms. The Morgan fingerprint density at radius 2 is 2.62 bits per heavy atom. The van der Waals surface area contributed by atoms with Gasteiger partial charge in [-0.2, -0.15) is 5.26 Å². The number of nitrogens with two attached hydrogens (primary N) is 1. The van der Waals surface area contributed by atoms with Crippen molar-refractivity contribution in [2.45, 2.75) is 18.9 Å². The van der Waals surface area contributed by atoms with Crippen molar-refractivity contribution in [2.24, 2.45) is 5.73 Å². The Labute approximate surface area is 48.6 Å². The van der Waals surface area contributed by atoms with Crippen molar-refractivity contribution in [3.63, 3.8) is 0 Å². The number of allylic oxidation sites excluding steroid dienone is 1. The first-order valence-electron chi connectivity index (χ1n) is 2.69. The van der Waals surface area contributed by atoms with E-state index in [1.54, 1.807) is 0 Å². The molecule has 8 heavy (non-hydrogen) atoms. The van der Waals surface area contributed by atoms with Crippen molar-refractivity contribution >= 4 is 0 Å². The molecule has 0 radical (unpaired) electrons. The summed E-state index contributed by atoms with van der Waals surface area (Å²) in [7, 11) is 0. The van der Waals surface area contributed by atoms with Crippen LogP contribution in [0.4, 0.5) is 0 Å². The highest BCUT2D eigenvalue weighted by molar-refractivity contribution is 5.26. The van der Waals surface area contributed by atoms with Gasteiger partial charge in [-0.15, -0.1) is 0 Å². The second-order valence-corrected chi connectivity index (χ2v) is 2.01. The minimum Gasteiger partial charge on any atom is -0.324 e. The van der Waals surface area contributed by atoms with E-state index in [-0.39, 0.29) is 6.04 Å². The molecule has 0 spiro atoms. The summed E-state index contributed by atoms with van der Waals surface area (Å²) in [6.07, 6.45) is 3.65. The molecule has 0 aromatic carbocycles. The van der Waals surface area contributed by atoms with Crippen LogP contribution in [0.5, 0.6) is 0 Å². The fourth-order valence-corrected chi connectivity index (χ4v) is 0.840. The van der Waals surface area contributed by atoms with E-state index < -0.39 is 0 Å². The molecule has 0 saturated carbocycles. The van der Waals surface area contributed by atoms with Gasteiger partial charge in [-0.25, -0.2) is 0 Å². The van der Waals surface area contributed by atoms with Crippen LogP contribution in [0, 0.1) is 11.3 Å². The van der Waals surface area contributed by atoms with E-state index >= 15 is 0 Å². The molecule has 0 aromatic heterocycles. The van der Waals surface area contributed by atoms with Gasteiger partial charge < -0.3 is 5.73 Å². The number of hydrogen-bond acceptors (Lipinski definition) is 2. The molecule has 0 saturated heterocycles. The summed E-state index contributed by atoms with van der Waals surface area (Å²) in [5.74, 6) is 0. The Balaban J connectivity index is 2.61. The second-order valence-electron chi connectivity index (χ2n) is 2.01. The molecule has 0 fully saturated rings. The molecular formula is C6H8N2. The fraction of sp³-hybridized carbons (Fsp3) is 0.500. The van der Waals surface area contributed by atoms with E-state index in [0.29, 0.717) is 0 Å². The van der Waals surface area contributed by atoms with Gasteiger partial charge >= 0.3 is 0 Å². The lowest BCUT2D eigenvalue weighted by molar-refractivity contribution is 0.777. The van der Waals surface area contributed by atoms with Crippen LogP contribution in [0.2, 0.25) is 0 Å². The zero-order valence-electron chi connectivity index (χ0n) is 4.59. The van der Waals surface area contributed by atoms with Gasteiger partial charge in [0.1, 0.15) is 0 Å². The molecule has 0 aliphatic heterocycles. The van der Waals surface area contributed by atoms with E-state index in [1.807, 2.05) is 6.08 Å². The summed E-state index contributed by atoms with van der Waals surface area (Å²) in [6, 6.07) is 2.22. The Bertz CT molecular complexity index is 152. The average molecular weight is 108 g/mol. The van der Waals surface area contributed by atoms with Gasteiger partial charge in [-0.05, 0) is 12.8 Å². The summed E-state index contributed by atoms with van der Waals surface area (Å²) in [5, 5.41) is 8.31. The largest absolute Gasteiger partial charge is 0.324 e. The van der Waals surface area contributed by atoms with Gasteiger partial charge in [0.2, 0.25) is 0 Å². The third kappa shape index (κ3) is 0.877. The number of nitrogens with zero attached hydrogens (tertiary/aromatic N) is 1. The highest BCUT2D eigenvalue weighted by Crippen LogP contribution is 2.14. The van der Waals surface area contributed by atoms with Gasteiger partial charge in [0, 0.05) is 11.6 Å². The van der Waals surface area contributed by atoms with Crippen molar-refractivity contribution in [1.82, 2.24) is 0 Å². The summed E-state index contributed by atoms with van der Waals surface area (Å²) >= 11 is 0. The van der Waals surface area contributed by atoms with Gasteiger partial charge in [0.25, 0.3) is 0 Å². The van der Waals surface area contributed by atoms with Crippen molar-refractivity contribution in [3.8, 4) is 6.07 Å². The topological polar surface area (TPSA) is 49.8 Å². The SMILES string of the molecule is N#CC1=CC(N)CC1. The molecule has 1 aliphatic carbocycles. The molecule has 0 amide bonds. The summed E-state index contributed by atoms with van der Waals surface area (Å²) in [5.41, 5.74) is 6.32. The van der Waals surface area contributed by atoms with Crippen molar-refractivity contribution in [2.75, 3.05) is 0 Å². The minimum absolute atomic E-state index is 0.143. The van der Waals surface area contributed by atoms with E-state index in [0.717, 1.165) is 18.4 Å². The predicted molar refractivity (Wildman–Crippen MR) is 30.9 cm³/mol. The van der Waals surface area contributed by atoms with Crippen LogP contribution in [-0.4, -0.2) is 6.04 Å². The molecule has 1 unspecified atom stereocenters. The number of hydrogen-bond donors (Lipinski definition) is 1. The van der Waals surface area contributed by atoms with E-state index in [9.17, 15) is 0 Å². The summed E-state index contributed by atoms with van der Waals surface area (Å²) in [4.78, 5) is 0. The minimum atomic E-state index is 0.143. The highest BCUT2D eigenvalue weighted by Gasteiger charge is 2.09. The first kappa shape index (κ1) is 5.33. The number of nitriles is 1. The Hall–Kier alpha value is -0.810.